The maximum absolute atomic E-state index is 11.0. The predicted octanol–water partition coefficient (Wildman–Crippen LogP) is 1.56. The Morgan fingerprint density at radius 3 is 2.72 bits per heavy atom. The van der Waals surface area contributed by atoms with Gasteiger partial charge in [0.1, 0.15) is 0 Å². The maximum Gasteiger partial charge on any atom is 0.335 e. The highest BCUT2D eigenvalue weighted by Crippen LogP contribution is 2.37. The second-order valence-electron chi connectivity index (χ2n) is 5.40. The average molecular weight is 249 g/mol. The molecule has 0 amide bonds. The van der Waals surface area contributed by atoms with Crippen molar-refractivity contribution in [3.63, 3.8) is 0 Å². The van der Waals surface area contributed by atoms with E-state index in [1.54, 1.807) is 19.2 Å². The van der Waals surface area contributed by atoms with Gasteiger partial charge < -0.3 is 15.6 Å². The molecule has 1 aliphatic rings. The number of benzene rings is 1. The number of ether oxygens (including phenoxy) is 1. The fourth-order valence-electron chi connectivity index (χ4n) is 2.71. The topological polar surface area (TPSA) is 72.5 Å². The molecule has 98 valence electrons. The van der Waals surface area contributed by atoms with Crippen molar-refractivity contribution in [3.05, 3.63) is 34.9 Å². The number of carbonyl (C=O) groups is 1. The summed E-state index contributed by atoms with van der Waals surface area (Å²) >= 11 is 0. The Kier molecular flexibility index (Phi) is 3.17. The third-order valence-electron chi connectivity index (χ3n) is 4.01. The van der Waals surface area contributed by atoms with E-state index in [4.69, 9.17) is 15.6 Å². The van der Waals surface area contributed by atoms with Crippen molar-refractivity contribution >= 4 is 5.97 Å². The van der Waals surface area contributed by atoms with Crippen LogP contribution in [0.25, 0.3) is 0 Å². The molecule has 2 unspecified atom stereocenters. The van der Waals surface area contributed by atoms with E-state index in [2.05, 4.69) is 0 Å². The van der Waals surface area contributed by atoms with Gasteiger partial charge in [-0.2, -0.15) is 0 Å². The molecule has 2 atom stereocenters. The van der Waals surface area contributed by atoms with Crippen LogP contribution in [-0.2, 0) is 16.6 Å². The Balaban J connectivity index is 2.53. The third-order valence-corrected chi connectivity index (χ3v) is 4.01. The van der Waals surface area contributed by atoms with Crippen molar-refractivity contribution in [2.24, 2.45) is 5.73 Å². The molecule has 0 saturated carbocycles. The van der Waals surface area contributed by atoms with Gasteiger partial charge in [-0.25, -0.2) is 4.79 Å². The monoisotopic (exact) mass is 249 g/mol. The third kappa shape index (κ3) is 1.91. The lowest BCUT2D eigenvalue weighted by molar-refractivity contribution is 0.0505. The zero-order valence-corrected chi connectivity index (χ0v) is 10.9. The quantitative estimate of drug-likeness (QED) is 0.834. The molecule has 18 heavy (non-hydrogen) atoms. The van der Waals surface area contributed by atoms with Crippen LogP contribution in [0, 0.1) is 0 Å². The van der Waals surface area contributed by atoms with E-state index >= 15 is 0 Å². The number of methoxy groups -OCH3 is 1. The largest absolute Gasteiger partial charge is 0.478 e. The van der Waals surface area contributed by atoms with Crippen LogP contribution in [0.2, 0.25) is 0 Å². The first kappa shape index (κ1) is 13.1. The van der Waals surface area contributed by atoms with Crippen molar-refractivity contribution in [2.45, 2.75) is 37.8 Å². The number of aromatic carboxylic acids is 1. The van der Waals surface area contributed by atoms with Gasteiger partial charge in [-0.05, 0) is 23.3 Å². The van der Waals surface area contributed by atoms with E-state index in [1.165, 1.54) is 0 Å². The van der Waals surface area contributed by atoms with Gasteiger partial charge in [-0.15, -0.1) is 0 Å². The summed E-state index contributed by atoms with van der Waals surface area (Å²) in [6.45, 7) is 4.07. The Morgan fingerprint density at radius 2 is 2.17 bits per heavy atom. The fraction of sp³-hybridized carbons (Fsp3) is 0.500. The van der Waals surface area contributed by atoms with Gasteiger partial charge in [0.2, 0.25) is 0 Å². The number of rotatable bonds is 2. The second-order valence-corrected chi connectivity index (χ2v) is 5.40. The molecule has 0 fully saturated rings. The van der Waals surface area contributed by atoms with Crippen LogP contribution in [0.3, 0.4) is 0 Å². The van der Waals surface area contributed by atoms with Crippen LogP contribution in [0.15, 0.2) is 18.2 Å². The minimum absolute atomic E-state index is 0.0248. The first-order valence-corrected chi connectivity index (χ1v) is 6.03. The standard InChI is InChI=1S/C14H19NO3/c1-14(2)10-6-9(13(16)17)5-4-8(10)7-11(18-3)12(14)15/h4-6,11-12H,7,15H2,1-3H3,(H,16,17). The summed E-state index contributed by atoms with van der Waals surface area (Å²) < 4.78 is 5.43. The number of hydrogen-bond acceptors (Lipinski definition) is 3. The van der Waals surface area contributed by atoms with Gasteiger partial charge in [-0.1, -0.05) is 19.9 Å². The number of carboxylic acids is 1. The Hall–Kier alpha value is -1.39. The number of fused-ring (bicyclic) bond motifs is 1. The highest BCUT2D eigenvalue weighted by molar-refractivity contribution is 5.88. The van der Waals surface area contributed by atoms with Crippen LogP contribution in [-0.4, -0.2) is 30.3 Å². The van der Waals surface area contributed by atoms with Gasteiger partial charge >= 0.3 is 5.97 Å². The van der Waals surface area contributed by atoms with Crippen LogP contribution < -0.4 is 5.73 Å². The molecule has 0 heterocycles. The maximum atomic E-state index is 11.0. The molecule has 3 N–H and O–H groups in total. The molecule has 4 nitrogen and oxygen atoms in total. The van der Waals surface area contributed by atoms with Crippen LogP contribution in [0.1, 0.15) is 35.3 Å². The van der Waals surface area contributed by atoms with Crippen molar-refractivity contribution in [2.75, 3.05) is 7.11 Å². The molecular weight excluding hydrogens is 230 g/mol. The molecule has 0 spiro atoms. The van der Waals surface area contributed by atoms with Gasteiger partial charge in [-0.3, -0.25) is 0 Å². The molecule has 0 bridgehead atoms. The average Bonchev–Trinajstić information content (AvgIpc) is 2.33. The number of nitrogens with two attached hydrogens (primary N) is 1. The van der Waals surface area contributed by atoms with E-state index in [9.17, 15) is 4.79 Å². The lowest BCUT2D eigenvalue weighted by Gasteiger charge is -2.42. The van der Waals surface area contributed by atoms with Crippen molar-refractivity contribution in [3.8, 4) is 0 Å². The SMILES string of the molecule is COC1Cc2ccc(C(=O)O)cc2C(C)(C)C1N. The predicted molar refractivity (Wildman–Crippen MR) is 68.9 cm³/mol. The van der Waals surface area contributed by atoms with Crippen LogP contribution in [0.5, 0.6) is 0 Å². The summed E-state index contributed by atoms with van der Waals surface area (Å²) in [4.78, 5) is 11.0. The fourth-order valence-corrected chi connectivity index (χ4v) is 2.71. The van der Waals surface area contributed by atoms with Gasteiger partial charge in [0.25, 0.3) is 0 Å². The normalized spacial score (nSPS) is 25.6. The summed E-state index contributed by atoms with van der Waals surface area (Å²) in [5, 5.41) is 9.06. The molecular formula is C14H19NO3. The first-order valence-electron chi connectivity index (χ1n) is 6.03. The minimum atomic E-state index is -0.906. The lowest BCUT2D eigenvalue weighted by Crippen LogP contribution is -2.54. The summed E-state index contributed by atoms with van der Waals surface area (Å²) in [6, 6.07) is 5.11. The van der Waals surface area contributed by atoms with Gasteiger partial charge in [0.15, 0.2) is 0 Å². The molecule has 1 aliphatic carbocycles. The Labute approximate surface area is 107 Å². The second kappa shape index (κ2) is 4.37. The molecule has 2 rings (SSSR count). The van der Waals surface area contributed by atoms with Gasteiger partial charge in [0.05, 0.1) is 11.7 Å². The Morgan fingerprint density at radius 1 is 1.50 bits per heavy atom. The smallest absolute Gasteiger partial charge is 0.335 e. The summed E-state index contributed by atoms with van der Waals surface area (Å²) in [5.41, 5.74) is 8.39. The molecule has 4 heteroatoms. The van der Waals surface area contributed by atoms with E-state index < -0.39 is 5.97 Å². The molecule has 0 radical (unpaired) electrons. The van der Waals surface area contributed by atoms with Gasteiger partial charge in [0, 0.05) is 25.0 Å². The Bertz CT molecular complexity index is 482. The summed E-state index contributed by atoms with van der Waals surface area (Å²) in [7, 11) is 1.66. The number of carboxylic acid groups (broad SMARTS) is 1. The summed E-state index contributed by atoms with van der Waals surface area (Å²) in [6.07, 6.45) is 0.708. The van der Waals surface area contributed by atoms with E-state index in [1.807, 2.05) is 19.9 Å². The van der Waals surface area contributed by atoms with E-state index in [0.717, 1.165) is 17.5 Å². The van der Waals surface area contributed by atoms with E-state index in [0.29, 0.717) is 5.56 Å². The van der Waals surface area contributed by atoms with Crippen LogP contribution >= 0.6 is 0 Å². The van der Waals surface area contributed by atoms with Crippen molar-refractivity contribution in [1.82, 2.24) is 0 Å². The van der Waals surface area contributed by atoms with Crippen molar-refractivity contribution < 1.29 is 14.6 Å². The van der Waals surface area contributed by atoms with Crippen LogP contribution in [0.4, 0.5) is 0 Å². The minimum Gasteiger partial charge on any atom is -0.478 e. The molecule has 0 aliphatic heterocycles. The highest BCUT2D eigenvalue weighted by Gasteiger charge is 2.40. The van der Waals surface area contributed by atoms with E-state index in [-0.39, 0.29) is 17.6 Å². The summed E-state index contributed by atoms with van der Waals surface area (Å²) in [5.74, 6) is -0.906. The molecule has 0 saturated heterocycles. The highest BCUT2D eigenvalue weighted by atomic mass is 16.5. The molecule has 1 aromatic rings. The lowest BCUT2D eigenvalue weighted by atomic mass is 9.68. The molecule has 1 aromatic carbocycles. The van der Waals surface area contributed by atoms with Crippen molar-refractivity contribution in [1.29, 1.82) is 0 Å². The first-order chi connectivity index (χ1) is 8.37. The zero-order chi connectivity index (χ0) is 13.5. The molecule has 0 aromatic heterocycles. The zero-order valence-electron chi connectivity index (χ0n) is 10.9. The number of hydrogen-bond donors (Lipinski definition) is 2.